The van der Waals surface area contributed by atoms with Crippen molar-refractivity contribution in [2.75, 3.05) is 13.2 Å². The van der Waals surface area contributed by atoms with Crippen LogP contribution >= 0.6 is 0 Å². The van der Waals surface area contributed by atoms with E-state index in [1.54, 1.807) is 0 Å². The summed E-state index contributed by atoms with van der Waals surface area (Å²) >= 11 is 0. The first kappa shape index (κ1) is 13.6. The first-order valence-electron chi connectivity index (χ1n) is 6.77. The quantitative estimate of drug-likeness (QED) is 0.889. The Morgan fingerprint density at radius 2 is 2.28 bits per heavy atom. The highest BCUT2D eigenvalue weighted by molar-refractivity contribution is 4.99. The Balaban J connectivity index is 1.81. The maximum atomic E-state index is 5.88. The molecule has 1 aliphatic rings. The molecule has 2 rings (SSSR count). The third kappa shape index (κ3) is 3.12. The Kier molecular flexibility index (Phi) is 4.07. The molecule has 0 aliphatic carbocycles. The first-order chi connectivity index (χ1) is 8.48. The van der Waals surface area contributed by atoms with Crippen LogP contribution < -0.4 is 5.32 Å². The summed E-state index contributed by atoms with van der Waals surface area (Å²) in [6.45, 7) is 9.59. The van der Waals surface area contributed by atoms with Crippen LogP contribution in [-0.4, -0.2) is 29.0 Å². The van der Waals surface area contributed by atoms with Crippen LogP contribution in [0.25, 0.3) is 0 Å². The number of aromatic nitrogens is 2. The van der Waals surface area contributed by atoms with Crippen molar-refractivity contribution < 1.29 is 4.74 Å². The molecule has 0 bridgehead atoms. The number of ether oxygens (including phenoxy) is 1. The Labute approximate surface area is 110 Å². The van der Waals surface area contributed by atoms with Crippen LogP contribution in [0.1, 0.15) is 32.9 Å². The van der Waals surface area contributed by atoms with E-state index in [0.29, 0.717) is 12.0 Å². The van der Waals surface area contributed by atoms with E-state index in [1.807, 2.05) is 17.9 Å². The molecule has 1 fully saturated rings. The maximum Gasteiger partial charge on any atom is 0.0664 e. The number of nitrogens with one attached hydrogen (secondary N) is 1. The summed E-state index contributed by atoms with van der Waals surface area (Å²) in [6.07, 6.45) is 3.38. The van der Waals surface area contributed by atoms with Crippen molar-refractivity contribution in [3.8, 4) is 0 Å². The Morgan fingerprint density at radius 1 is 1.50 bits per heavy atom. The van der Waals surface area contributed by atoms with Crippen LogP contribution in [0.15, 0.2) is 12.3 Å². The summed E-state index contributed by atoms with van der Waals surface area (Å²) in [5, 5.41) is 7.71. The molecule has 4 heteroatoms. The molecule has 1 N–H and O–H groups in total. The summed E-state index contributed by atoms with van der Waals surface area (Å²) in [4.78, 5) is 0. The third-order valence-corrected chi connectivity index (χ3v) is 3.70. The molecule has 0 radical (unpaired) electrons. The summed E-state index contributed by atoms with van der Waals surface area (Å²) in [6, 6.07) is 2.05. The normalized spacial score (nSPS) is 24.7. The van der Waals surface area contributed by atoms with Crippen molar-refractivity contribution in [2.45, 2.75) is 39.8 Å². The lowest BCUT2D eigenvalue weighted by Crippen LogP contribution is -2.36. The first-order valence-corrected chi connectivity index (χ1v) is 6.77. The average molecular weight is 251 g/mol. The van der Waals surface area contributed by atoms with Crippen LogP contribution in [-0.2, 0) is 18.3 Å². The molecule has 4 nitrogen and oxygen atoms in total. The SMILES string of the molecule is Cn1nccc1CNC[C@H]1CCO[C@@H]1C(C)(C)C. The van der Waals surface area contributed by atoms with Gasteiger partial charge >= 0.3 is 0 Å². The molecular weight excluding hydrogens is 226 g/mol. The lowest BCUT2D eigenvalue weighted by atomic mass is 9.81. The second-order valence-electron chi connectivity index (χ2n) is 6.28. The highest BCUT2D eigenvalue weighted by atomic mass is 16.5. The highest BCUT2D eigenvalue weighted by Gasteiger charge is 2.36. The maximum absolute atomic E-state index is 5.88. The standard InChI is InChI=1S/C14H25N3O/c1-14(2,3)13-11(6-8-18-13)9-15-10-12-5-7-16-17(12)4/h5,7,11,13,15H,6,8-10H2,1-4H3/t11-,13+/m1/s1. The molecule has 0 unspecified atom stereocenters. The fraction of sp³-hybridized carbons (Fsp3) is 0.786. The molecule has 1 aromatic heterocycles. The molecule has 0 aromatic carbocycles. The number of hydrogen-bond donors (Lipinski definition) is 1. The second kappa shape index (κ2) is 5.41. The van der Waals surface area contributed by atoms with Crippen LogP contribution in [0, 0.1) is 11.3 Å². The molecule has 18 heavy (non-hydrogen) atoms. The summed E-state index contributed by atoms with van der Waals surface area (Å²) in [5.41, 5.74) is 1.45. The third-order valence-electron chi connectivity index (χ3n) is 3.70. The summed E-state index contributed by atoms with van der Waals surface area (Å²) in [7, 11) is 1.98. The lowest BCUT2D eigenvalue weighted by Gasteiger charge is -2.31. The minimum Gasteiger partial charge on any atom is -0.377 e. The largest absolute Gasteiger partial charge is 0.377 e. The smallest absolute Gasteiger partial charge is 0.0664 e. The van der Waals surface area contributed by atoms with Crippen molar-refractivity contribution in [2.24, 2.45) is 18.4 Å². The van der Waals surface area contributed by atoms with Gasteiger partial charge in [0.1, 0.15) is 0 Å². The number of rotatable bonds is 4. The zero-order valence-electron chi connectivity index (χ0n) is 11.9. The van der Waals surface area contributed by atoms with Gasteiger partial charge in [0.2, 0.25) is 0 Å². The van der Waals surface area contributed by atoms with Gasteiger partial charge in [-0.3, -0.25) is 4.68 Å². The van der Waals surface area contributed by atoms with E-state index in [0.717, 1.165) is 19.7 Å². The minimum absolute atomic E-state index is 0.232. The van der Waals surface area contributed by atoms with Gasteiger partial charge in [0.25, 0.3) is 0 Å². The lowest BCUT2D eigenvalue weighted by molar-refractivity contribution is 0.00718. The molecule has 0 saturated carbocycles. The number of aryl methyl sites for hydroxylation is 1. The van der Waals surface area contributed by atoms with Crippen molar-refractivity contribution in [3.63, 3.8) is 0 Å². The van der Waals surface area contributed by atoms with E-state index in [1.165, 1.54) is 12.1 Å². The molecule has 2 heterocycles. The molecule has 2 atom stereocenters. The Bertz CT molecular complexity index is 381. The number of nitrogens with zero attached hydrogens (tertiary/aromatic N) is 2. The van der Waals surface area contributed by atoms with Crippen LogP contribution in [0.4, 0.5) is 0 Å². The van der Waals surface area contributed by atoms with Gasteiger partial charge in [-0.15, -0.1) is 0 Å². The molecular formula is C14H25N3O. The van der Waals surface area contributed by atoms with Crippen molar-refractivity contribution >= 4 is 0 Å². The molecule has 1 saturated heterocycles. The van der Waals surface area contributed by atoms with E-state index in [-0.39, 0.29) is 5.41 Å². The molecule has 1 aromatic rings. The number of hydrogen-bond acceptors (Lipinski definition) is 3. The molecule has 0 amide bonds. The van der Waals surface area contributed by atoms with Crippen molar-refractivity contribution in [3.05, 3.63) is 18.0 Å². The zero-order valence-corrected chi connectivity index (χ0v) is 11.9. The average Bonchev–Trinajstić information content (AvgIpc) is 2.87. The summed E-state index contributed by atoms with van der Waals surface area (Å²) in [5.74, 6) is 0.623. The van der Waals surface area contributed by atoms with Gasteiger partial charge in [-0.1, -0.05) is 20.8 Å². The predicted octanol–water partition coefficient (Wildman–Crippen LogP) is 1.96. The zero-order chi connectivity index (χ0) is 13.2. The fourth-order valence-corrected chi connectivity index (χ4v) is 2.76. The molecule has 0 spiro atoms. The van der Waals surface area contributed by atoms with Gasteiger partial charge in [-0.25, -0.2) is 0 Å². The van der Waals surface area contributed by atoms with Crippen molar-refractivity contribution in [1.29, 1.82) is 0 Å². The van der Waals surface area contributed by atoms with E-state index >= 15 is 0 Å². The van der Waals surface area contributed by atoms with Gasteiger partial charge in [0.05, 0.1) is 11.8 Å². The fourth-order valence-electron chi connectivity index (χ4n) is 2.76. The monoisotopic (exact) mass is 251 g/mol. The van der Waals surface area contributed by atoms with Gasteiger partial charge in [-0.2, -0.15) is 5.10 Å². The van der Waals surface area contributed by atoms with Gasteiger partial charge < -0.3 is 10.1 Å². The van der Waals surface area contributed by atoms with Gasteiger partial charge in [0.15, 0.2) is 0 Å². The van der Waals surface area contributed by atoms with Crippen molar-refractivity contribution in [1.82, 2.24) is 15.1 Å². The minimum atomic E-state index is 0.232. The van der Waals surface area contributed by atoms with Gasteiger partial charge in [0, 0.05) is 38.9 Å². The Morgan fingerprint density at radius 3 is 2.89 bits per heavy atom. The topological polar surface area (TPSA) is 39.1 Å². The molecule has 1 aliphatic heterocycles. The van der Waals surface area contributed by atoms with E-state index in [2.05, 4.69) is 37.3 Å². The molecule has 102 valence electrons. The van der Waals surface area contributed by atoms with Crippen LogP contribution in [0.2, 0.25) is 0 Å². The van der Waals surface area contributed by atoms with Gasteiger partial charge in [-0.05, 0) is 17.9 Å². The summed E-state index contributed by atoms with van der Waals surface area (Å²) < 4.78 is 7.80. The predicted molar refractivity (Wildman–Crippen MR) is 72.2 cm³/mol. The van der Waals surface area contributed by atoms with E-state index < -0.39 is 0 Å². The highest BCUT2D eigenvalue weighted by Crippen LogP contribution is 2.34. The van der Waals surface area contributed by atoms with E-state index in [9.17, 15) is 0 Å². The van der Waals surface area contributed by atoms with Crippen LogP contribution in [0.3, 0.4) is 0 Å². The second-order valence-corrected chi connectivity index (χ2v) is 6.28. The Hall–Kier alpha value is -0.870. The van der Waals surface area contributed by atoms with E-state index in [4.69, 9.17) is 4.74 Å². The van der Waals surface area contributed by atoms with Crippen LogP contribution in [0.5, 0.6) is 0 Å².